The number of likely N-dealkylation sites (tertiary alicyclic amines) is 1. The molecule has 0 radical (unpaired) electrons. The maximum Gasteiger partial charge on any atom is 0.225 e. The van der Waals surface area contributed by atoms with Gasteiger partial charge in [-0.2, -0.15) is 0 Å². The van der Waals surface area contributed by atoms with Gasteiger partial charge in [-0.25, -0.2) is 0 Å². The van der Waals surface area contributed by atoms with E-state index in [1.54, 1.807) is 0 Å². The Labute approximate surface area is 158 Å². The van der Waals surface area contributed by atoms with Gasteiger partial charge in [0, 0.05) is 38.5 Å². The Bertz CT molecular complexity index is 558. The van der Waals surface area contributed by atoms with Gasteiger partial charge in [0.05, 0.1) is 0 Å². The second kappa shape index (κ2) is 7.16. The van der Waals surface area contributed by atoms with Gasteiger partial charge in [0.15, 0.2) is 0 Å². The van der Waals surface area contributed by atoms with Crippen molar-refractivity contribution in [1.29, 1.82) is 0 Å². The van der Waals surface area contributed by atoms with E-state index in [1.165, 1.54) is 32.1 Å². The quantitative estimate of drug-likeness (QED) is 0.772. The lowest BCUT2D eigenvalue weighted by Crippen LogP contribution is -2.54. The number of hydrogen-bond acceptors (Lipinski definition) is 2. The van der Waals surface area contributed by atoms with Crippen LogP contribution in [-0.2, 0) is 9.59 Å². The van der Waals surface area contributed by atoms with Crippen LogP contribution in [0.2, 0.25) is 0 Å². The Balaban J connectivity index is 1.48. The highest BCUT2D eigenvalue weighted by atomic mass is 16.2. The number of rotatable bonds is 3. The molecule has 3 aliphatic carbocycles. The van der Waals surface area contributed by atoms with E-state index in [4.69, 9.17) is 0 Å². The van der Waals surface area contributed by atoms with Gasteiger partial charge < -0.3 is 9.80 Å². The maximum atomic E-state index is 13.0. The zero-order chi connectivity index (χ0) is 18.4. The second-order valence-corrected chi connectivity index (χ2v) is 9.28. The molecule has 4 rings (SSSR count). The van der Waals surface area contributed by atoms with Gasteiger partial charge in [0.1, 0.15) is 0 Å². The molecule has 0 spiro atoms. The molecule has 4 aliphatic rings. The van der Waals surface area contributed by atoms with E-state index < -0.39 is 0 Å². The summed E-state index contributed by atoms with van der Waals surface area (Å²) >= 11 is 0. The number of nitrogens with zero attached hydrogens (tertiary/aromatic N) is 2. The minimum absolute atomic E-state index is 0.286. The average Bonchev–Trinajstić information content (AvgIpc) is 3.09. The van der Waals surface area contributed by atoms with E-state index in [9.17, 15) is 9.59 Å². The molecule has 1 heterocycles. The van der Waals surface area contributed by atoms with Crippen molar-refractivity contribution in [2.24, 2.45) is 35.5 Å². The van der Waals surface area contributed by atoms with Gasteiger partial charge in [0.25, 0.3) is 0 Å². The summed E-state index contributed by atoms with van der Waals surface area (Å²) in [5.41, 5.74) is 0. The fourth-order valence-corrected chi connectivity index (χ4v) is 7.40. The van der Waals surface area contributed by atoms with Crippen LogP contribution in [0.3, 0.4) is 0 Å². The molecular formula is C22H36N2O2. The number of carbonyl (C=O) groups excluding carboxylic acids is 2. The van der Waals surface area contributed by atoms with Crippen molar-refractivity contribution in [3.05, 3.63) is 0 Å². The third kappa shape index (κ3) is 2.79. The summed E-state index contributed by atoms with van der Waals surface area (Å²) in [4.78, 5) is 29.2. The molecule has 4 heteroatoms. The molecule has 0 bridgehead atoms. The summed E-state index contributed by atoms with van der Waals surface area (Å²) in [6.45, 7) is 5.90. The fourth-order valence-electron chi connectivity index (χ4n) is 7.40. The predicted octanol–water partition coefficient (Wildman–Crippen LogP) is 3.55. The molecule has 3 saturated carbocycles. The number of piperidine rings is 1. The number of amides is 2. The molecule has 4 fully saturated rings. The van der Waals surface area contributed by atoms with Crippen LogP contribution >= 0.6 is 0 Å². The van der Waals surface area contributed by atoms with Crippen LogP contribution in [0.4, 0.5) is 0 Å². The normalized spacial score (nSPS) is 42.0. The maximum absolute atomic E-state index is 13.0. The van der Waals surface area contributed by atoms with Crippen molar-refractivity contribution < 1.29 is 9.59 Å². The topological polar surface area (TPSA) is 40.6 Å². The van der Waals surface area contributed by atoms with Crippen molar-refractivity contribution >= 4 is 11.8 Å². The predicted molar refractivity (Wildman–Crippen MR) is 102 cm³/mol. The molecule has 26 heavy (non-hydrogen) atoms. The van der Waals surface area contributed by atoms with Gasteiger partial charge in [-0.1, -0.05) is 0 Å². The zero-order valence-electron chi connectivity index (χ0n) is 16.8. The molecule has 1 aliphatic heterocycles. The van der Waals surface area contributed by atoms with Crippen molar-refractivity contribution in [3.8, 4) is 0 Å². The third-order valence-electron chi connectivity index (χ3n) is 8.63. The molecule has 4 nitrogen and oxygen atoms in total. The summed E-state index contributed by atoms with van der Waals surface area (Å²) in [6.07, 6.45) is 9.21. The molecule has 7 atom stereocenters. The minimum atomic E-state index is 0.286. The van der Waals surface area contributed by atoms with Crippen molar-refractivity contribution in [2.75, 3.05) is 20.1 Å². The first kappa shape index (κ1) is 18.3. The summed E-state index contributed by atoms with van der Waals surface area (Å²) in [5, 5.41) is 0. The smallest absolute Gasteiger partial charge is 0.225 e. The van der Waals surface area contributed by atoms with E-state index in [0.29, 0.717) is 23.8 Å². The van der Waals surface area contributed by atoms with Gasteiger partial charge >= 0.3 is 0 Å². The standard InChI is InChI=1S/C22H36N2O2/c1-4-24(5-2)22(26)19-9-8-14-15-10-12-20-18(11-13-21(25)23(20)3)16(15)6-7-17(14)19/h14-20H,4-13H2,1-3H3. The molecule has 0 aromatic heterocycles. The monoisotopic (exact) mass is 360 g/mol. The van der Waals surface area contributed by atoms with Gasteiger partial charge in [-0.15, -0.1) is 0 Å². The van der Waals surface area contributed by atoms with Crippen LogP contribution in [0, 0.1) is 35.5 Å². The van der Waals surface area contributed by atoms with E-state index in [0.717, 1.165) is 56.0 Å². The van der Waals surface area contributed by atoms with Gasteiger partial charge in [0.2, 0.25) is 11.8 Å². The molecule has 7 unspecified atom stereocenters. The van der Waals surface area contributed by atoms with Gasteiger partial charge in [-0.05, 0) is 88.4 Å². The second-order valence-electron chi connectivity index (χ2n) is 9.28. The van der Waals surface area contributed by atoms with E-state index in [1.807, 2.05) is 7.05 Å². The third-order valence-corrected chi connectivity index (χ3v) is 8.63. The Morgan fingerprint density at radius 1 is 0.885 bits per heavy atom. The van der Waals surface area contributed by atoms with Crippen LogP contribution in [-0.4, -0.2) is 47.8 Å². The van der Waals surface area contributed by atoms with E-state index in [-0.39, 0.29) is 5.92 Å². The highest BCUT2D eigenvalue weighted by molar-refractivity contribution is 5.79. The van der Waals surface area contributed by atoms with E-state index in [2.05, 4.69) is 23.6 Å². The molecule has 1 saturated heterocycles. The summed E-state index contributed by atoms with van der Waals surface area (Å²) < 4.78 is 0. The first-order valence-electron chi connectivity index (χ1n) is 11.1. The molecule has 0 N–H and O–H groups in total. The Kier molecular flexibility index (Phi) is 5.04. The first-order chi connectivity index (χ1) is 12.6. The van der Waals surface area contributed by atoms with Crippen LogP contribution < -0.4 is 0 Å². The van der Waals surface area contributed by atoms with Crippen LogP contribution in [0.25, 0.3) is 0 Å². The highest BCUT2D eigenvalue weighted by Gasteiger charge is 2.54. The Hall–Kier alpha value is -1.06. The van der Waals surface area contributed by atoms with Crippen molar-refractivity contribution in [1.82, 2.24) is 9.80 Å². The number of hydrogen-bond donors (Lipinski definition) is 0. The van der Waals surface area contributed by atoms with Crippen LogP contribution in [0.15, 0.2) is 0 Å². The number of fused-ring (bicyclic) bond motifs is 5. The summed E-state index contributed by atoms with van der Waals surface area (Å²) in [6, 6.07) is 0.489. The van der Waals surface area contributed by atoms with Crippen LogP contribution in [0.1, 0.15) is 65.2 Å². The minimum Gasteiger partial charge on any atom is -0.343 e. The molecule has 146 valence electrons. The highest BCUT2D eigenvalue weighted by Crippen LogP contribution is 2.57. The molecular weight excluding hydrogens is 324 g/mol. The largest absolute Gasteiger partial charge is 0.343 e. The van der Waals surface area contributed by atoms with Crippen molar-refractivity contribution in [3.63, 3.8) is 0 Å². The van der Waals surface area contributed by atoms with Crippen molar-refractivity contribution in [2.45, 2.75) is 71.3 Å². The molecule has 0 aromatic rings. The number of carbonyl (C=O) groups is 2. The Morgan fingerprint density at radius 2 is 1.46 bits per heavy atom. The molecule has 2 amide bonds. The zero-order valence-corrected chi connectivity index (χ0v) is 16.8. The lowest BCUT2D eigenvalue weighted by molar-refractivity contribution is -0.144. The summed E-state index contributed by atoms with van der Waals surface area (Å²) in [5.74, 6) is 4.79. The Morgan fingerprint density at radius 3 is 2.19 bits per heavy atom. The summed E-state index contributed by atoms with van der Waals surface area (Å²) in [7, 11) is 2.03. The molecule has 0 aromatic carbocycles. The SMILES string of the molecule is CCN(CC)C(=O)C1CCC2C1CCC1C2CCC2C1CCC(=O)N2C. The lowest BCUT2D eigenvalue weighted by Gasteiger charge is -2.54. The average molecular weight is 361 g/mol. The lowest BCUT2D eigenvalue weighted by atomic mass is 9.55. The first-order valence-corrected chi connectivity index (χ1v) is 11.1. The van der Waals surface area contributed by atoms with E-state index >= 15 is 0 Å². The van der Waals surface area contributed by atoms with Gasteiger partial charge in [-0.3, -0.25) is 9.59 Å². The van der Waals surface area contributed by atoms with Crippen LogP contribution in [0.5, 0.6) is 0 Å². The fraction of sp³-hybridized carbons (Fsp3) is 0.909.